The number of nitrogens with two attached hydrogens (primary N) is 1. The summed E-state index contributed by atoms with van der Waals surface area (Å²) in [5.74, 6) is -2.13. The molecule has 0 aliphatic carbocycles. The molecule has 0 heterocycles. The van der Waals surface area contributed by atoms with Crippen LogP contribution in [0.5, 0.6) is 0 Å². The fourth-order valence-corrected chi connectivity index (χ4v) is 3.90. The number of hydrogen-bond acceptors (Lipinski definition) is 5. The number of allylic oxidation sites excluding steroid dienone is 2. The van der Waals surface area contributed by atoms with E-state index in [1.54, 1.807) is 13.0 Å². The third-order valence-corrected chi connectivity index (χ3v) is 5.97. The normalized spacial score (nSPS) is 11.6. The van der Waals surface area contributed by atoms with Crippen molar-refractivity contribution in [3.8, 4) is 0 Å². The van der Waals surface area contributed by atoms with E-state index in [4.69, 9.17) is 5.73 Å². The molecule has 0 saturated carbocycles. The molecule has 0 spiro atoms. The second-order valence-corrected chi connectivity index (χ2v) is 8.92. The first-order valence-corrected chi connectivity index (χ1v) is 13.1. The maximum Gasteiger partial charge on any atom is 0.267 e. The van der Waals surface area contributed by atoms with E-state index in [-0.39, 0.29) is 23.0 Å². The average Bonchev–Trinajstić information content (AvgIpc) is 2.88. The van der Waals surface area contributed by atoms with E-state index in [2.05, 4.69) is 22.2 Å². The van der Waals surface area contributed by atoms with Crippen LogP contribution < -0.4 is 16.4 Å². The van der Waals surface area contributed by atoms with Crippen molar-refractivity contribution in [3.05, 3.63) is 95.9 Å². The average molecular weight is 535 g/mol. The summed E-state index contributed by atoms with van der Waals surface area (Å²) in [7, 11) is -2.57. The van der Waals surface area contributed by atoms with Crippen LogP contribution in [-0.4, -0.2) is 27.2 Å². The van der Waals surface area contributed by atoms with Crippen molar-refractivity contribution in [1.29, 1.82) is 0 Å². The van der Waals surface area contributed by atoms with E-state index >= 15 is 0 Å². The van der Waals surface area contributed by atoms with Gasteiger partial charge in [0, 0.05) is 25.9 Å². The first kappa shape index (κ1) is 33.2. The van der Waals surface area contributed by atoms with Crippen LogP contribution in [0.3, 0.4) is 0 Å². The van der Waals surface area contributed by atoms with Gasteiger partial charge in [-0.05, 0) is 48.9 Å². The molecular weight excluding hydrogens is 498 g/mol. The molecular formula is C27H36F2N4O3S. The molecule has 2 rings (SSSR count). The Morgan fingerprint density at radius 3 is 2.05 bits per heavy atom. The van der Waals surface area contributed by atoms with Crippen LogP contribution in [0.4, 0.5) is 8.78 Å². The zero-order valence-electron chi connectivity index (χ0n) is 22.1. The molecule has 0 fully saturated rings. The highest BCUT2D eigenvalue weighted by molar-refractivity contribution is 7.91. The summed E-state index contributed by atoms with van der Waals surface area (Å²) >= 11 is 0. The summed E-state index contributed by atoms with van der Waals surface area (Å²) in [6.07, 6.45) is 4.50. The molecule has 1 amide bonds. The smallest absolute Gasteiger partial charge is 0.267 e. The van der Waals surface area contributed by atoms with Gasteiger partial charge in [-0.3, -0.25) is 9.79 Å². The monoisotopic (exact) mass is 534 g/mol. The van der Waals surface area contributed by atoms with Crippen LogP contribution in [0, 0.1) is 11.6 Å². The summed E-state index contributed by atoms with van der Waals surface area (Å²) in [6, 6.07) is 7.70. The van der Waals surface area contributed by atoms with Gasteiger partial charge >= 0.3 is 0 Å². The zero-order valence-corrected chi connectivity index (χ0v) is 22.9. The number of rotatable bonds is 9. The van der Waals surface area contributed by atoms with Gasteiger partial charge in [-0.1, -0.05) is 52.0 Å². The Labute approximate surface area is 218 Å². The number of halogens is 2. The third kappa shape index (κ3) is 11.2. The van der Waals surface area contributed by atoms with Gasteiger partial charge in [-0.25, -0.2) is 17.2 Å². The van der Waals surface area contributed by atoms with Gasteiger partial charge in [0.05, 0.1) is 9.79 Å². The molecule has 0 aliphatic heterocycles. The van der Waals surface area contributed by atoms with E-state index in [9.17, 15) is 22.0 Å². The van der Waals surface area contributed by atoms with Gasteiger partial charge in [-0.15, -0.1) is 0 Å². The fourth-order valence-electron chi connectivity index (χ4n) is 2.59. The van der Waals surface area contributed by atoms with Crippen LogP contribution in [0.1, 0.15) is 40.2 Å². The number of amides is 1. The first-order valence-electron chi connectivity index (χ1n) is 11.6. The molecule has 0 radical (unpaired) electrons. The predicted molar refractivity (Wildman–Crippen MR) is 146 cm³/mol. The van der Waals surface area contributed by atoms with Gasteiger partial charge in [0.2, 0.25) is 9.84 Å². The molecule has 7 nitrogen and oxygen atoms in total. The molecule has 10 heteroatoms. The molecule has 0 atom stereocenters. The van der Waals surface area contributed by atoms with Crippen molar-refractivity contribution in [1.82, 2.24) is 10.6 Å². The highest BCUT2D eigenvalue weighted by Gasteiger charge is 2.19. The van der Waals surface area contributed by atoms with Crippen molar-refractivity contribution < 1.29 is 22.0 Å². The summed E-state index contributed by atoms with van der Waals surface area (Å²) in [6.45, 7) is 13.6. The van der Waals surface area contributed by atoms with Crippen molar-refractivity contribution in [2.24, 2.45) is 10.7 Å². The molecule has 0 unspecified atom stereocenters. The Hall–Kier alpha value is -3.79. The predicted octanol–water partition coefficient (Wildman–Crippen LogP) is 5.02. The Kier molecular flexibility index (Phi) is 15.1. The number of aliphatic imine (C=N–C) groups is 1. The lowest BCUT2D eigenvalue weighted by Gasteiger charge is -2.10. The Morgan fingerprint density at radius 2 is 1.57 bits per heavy atom. The number of amidine groups is 1. The minimum Gasteiger partial charge on any atom is -0.384 e. The SMILES string of the molecule is C=C(C)/C=C(\N/C=C/C(N)=NC)C(=O)NCc1ccc(S(=O)(=O)c2cc(F)cc(F)c2)cc1.CC.CC. The molecule has 37 heavy (non-hydrogen) atoms. The van der Waals surface area contributed by atoms with Gasteiger partial charge in [0.1, 0.15) is 23.2 Å². The van der Waals surface area contributed by atoms with E-state index in [0.717, 1.165) is 12.1 Å². The summed E-state index contributed by atoms with van der Waals surface area (Å²) in [4.78, 5) is 15.7. The lowest BCUT2D eigenvalue weighted by molar-refractivity contribution is -0.117. The third-order valence-electron chi connectivity index (χ3n) is 4.22. The molecule has 0 saturated heterocycles. The van der Waals surface area contributed by atoms with Crippen LogP contribution in [0.2, 0.25) is 0 Å². The molecule has 2 aromatic rings. The minimum absolute atomic E-state index is 0.102. The van der Waals surface area contributed by atoms with Crippen molar-refractivity contribution >= 4 is 21.6 Å². The van der Waals surface area contributed by atoms with Crippen LogP contribution in [-0.2, 0) is 21.2 Å². The van der Waals surface area contributed by atoms with Gasteiger partial charge < -0.3 is 16.4 Å². The highest BCUT2D eigenvalue weighted by Crippen LogP contribution is 2.23. The van der Waals surface area contributed by atoms with E-state index in [1.165, 1.54) is 43.6 Å². The van der Waals surface area contributed by atoms with Gasteiger partial charge in [0.15, 0.2) is 0 Å². The lowest BCUT2D eigenvalue weighted by atomic mass is 10.2. The van der Waals surface area contributed by atoms with Crippen molar-refractivity contribution in [2.75, 3.05) is 7.05 Å². The zero-order chi connectivity index (χ0) is 28.6. The van der Waals surface area contributed by atoms with Crippen LogP contribution in [0.15, 0.2) is 93.4 Å². The molecule has 0 bridgehead atoms. The molecule has 0 aliphatic rings. The standard InChI is InChI=1S/C23H24F2N4O3S.2C2H6/c1-15(2)10-21(28-9-8-22(26)27-3)23(30)29-14-16-4-6-19(7-5-16)33(31,32)20-12-17(24)11-18(25)13-20;2*1-2/h4-13,28H,1,14H2,2-3H3,(H2,26,27)(H,29,30);2*1-2H3/b9-8+,21-10-;;. The Morgan fingerprint density at radius 1 is 1.03 bits per heavy atom. The van der Waals surface area contributed by atoms with Crippen molar-refractivity contribution in [2.45, 2.75) is 51.0 Å². The number of sulfone groups is 1. The van der Waals surface area contributed by atoms with Crippen LogP contribution >= 0.6 is 0 Å². The second kappa shape index (κ2) is 16.8. The Balaban J connectivity index is 0.00000308. The van der Waals surface area contributed by atoms with Gasteiger partial charge in [0.25, 0.3) is 5.91 Å². The van der Waals surface area contributed by atoms with E-state index < -0.39 is 32.3 Å². The lowest BCUT2D eigenvalue weighted by Crippen LogP contribution is -2.29. The topological polar surface area (TPSA) is 114 Å². The molecule has 0 aromatic heterocycles. The number of nitrogens with one attached hydrogen (secondary N) is 2. The van der Waals surface area contributed by atoms with E-state index in [1.807, 2.05) is 27.7 Å². The number of carbonyl (C=O) groups excluding carboxylic acids is 1. The number of benzene rings is 2. The fraction of sp³-hybridized carbons (Fsp3) is 0.259. The molecule has 4 N–H and O–H groups in total. The number of hydrogen-bond donors (Lipinski definition) is 3. The highest BCUT2D eigenvalue weighted by atomic mass is 32.2. The van der Waals surface area contributed by atoms with Crippen LogP contribution in [0.25, 0.3) is 0 Å². The maximum absolute atomic E-state index is 13.4. The van der Waals surface area contributed by atoms with Gasteiger partial charge in [-0.2, -0.15) is 0 Å². The summed E-state index contributed by atoms with van der Waals surface area (Å²) in [5, 5.41) is 5.52. The van der Waals surface area contributed by atoms with Crippen molar-refractivity contribution in [3.63, 3.8) is 0 Å². The largest absolute Gasteiger partial charge is 0.384 e. The summed E-state index contributed by atoms with van der Waals surface area (Å²) in [5.41, 5.74) is 7.04. The quantitative estimate of drug-likeness (QED) is 0.181. The molecule has 202 valence electrons. The number of carbonyl (C=O) groups is 1. The first-order chi connectivity index (χ1) is 17.5. The number of nitrogens with zero attached hydrogens (tertiary/aromatic N) is 1. The summed E-state index contributed by atoms with van der Waals surface area (Å²) < 4.78 is 52.1. The minimum atomic E-state index is -4.10. The maximum atomic E-state index is 13.4. The van der Waals surface area contributed by atoms with E-state index in [0.29, 0.717) is 17.2 Å². The Bertz CT molecular complexity index is 1220. The molecule has 2 aromatic carbocycles. The second-order valence-electron chi connectivity index (χ2n) is 6.97.